The molecule has 1 fully saturated rings. The summed E-state index contributed by atoms with van der Waals surface area (Å²) in [5.41, 5.74) is 3.30. The number of H-pyrrole nitrogens is 1. The monoisotopic (exact) mass is 330 g/mol. The van der Waals surface area contributed by atoms with Crippen LogP contribution in [0.3, 0.4) is 0 Å². The number of nitrogens with zero attached hydrogens (tertiary/aromatic N) is 4. The SMILES string of the molecule is N#Cc1ccccc1C1c2cn[nH]c2N=C(C2CCNCC2)C1C#N. The van der Waals surface area contributed by atoms with Gasteiger partial charge in [0.1, 0.15) is 0 Å². The number of aromatic nitrogens is 2. The van der Waals surface area contributed by atoms with Crippen molar-refractivity contribution in [1.29, 1.82) is 10.5 Å². The predicted molar refractivity (Wildman–Crippen MR) is 93.4 cm³/mol. The molecule has 0 aliphatic carbocycles. The average Bonchev–Trinajstić information content (AvgIpc) is 3.15. The van der Waals surface area contributed by atoms with Gasteiger partial charge >= 0.3 is 0 Å². The first-order chi connectivity index (χ1) is 12.3. The third-order valence-corrected chi connectivity index (χ3v) is 5.19. The third kappa shape index (κ3) is 2.61. The van der Waals surface area contributed by atoms with Gasteiger partial charge in [-0.1, -0.05) is 18.2 Å². The summed E-state index contributed by atoms with van der Waals surface area (Å²) in [5.74, 6) is 0.427. The van der Waals surface area contributed by atoms with E-state index in [0.29, 0.717) is 11.5 Å². The van der Waals surface area contributed by atoms with Crippen LogP contribution < -0.4 is 5.32 Å². The summed E-state index contributed by atoms with van der Waals surface area (Å²) in [4.78, 5) is 4.78. The lowest BCUT2D eigenvalue weighted by Gasteiger charge is -2.33. The van der Waals surface area contributed by atoms with E-state index in [4.69, 9.17) is 4.99 Å². The Kier molecular flexibility index (Phi) is 4.05. The molecule has 2 N–H and O–H groups in total. The quantitative estimate of drug-likeness (QED) is 0.884. The molecule has 2 aromatic rings. The molecule has 4 rings (SSSR count). The fraction of sp³-hybridized carbons (Fsp3) is 0.368. The van der Waals surface area contributed by atoms with Crippen LogP contribution in [0, 0.1) is 34.5 Å². The summed E-state index contributed by atoms with van der Waals surface area (Å²) in [7, 11) is 0. The molecule has 0 saturated carbocycles. The van der Waals surface area contributed by atoms with Crippen LogP contribution in [0.5, 0.6) is 0 Å². The molecule has 0 spiro atoms. The Hall–Kier alpha value is -2.96. The van der Waals surface area contributed by atoms with E-state index in [2.05, 4.69) is 27.7 Å². The first-order valence-corrected chi connectivity index (χ1v) is 8.54. The van der Waals surface area contributed by atoms with Gasteiger partial charge in [-0.25, -0.2) is 4.99 Å². The maximum absolute atomic E-state index is 9.99. The summed E-state index contributed by atoms with van der Waals surface area (Å²) in [6, 6.07) is 12.3. The minimum Gasteiger partial charge on any atom is -0.317 e. The van der Waals surface area contributed by atoms with Gasteiger partial charge in [0.15, 0.2) is 5.82 Å². The van der Waals surface area contributed by atoms with Crippen molar-refractivity contribution in [2.75, 3.05) is 13.1 Å². The molecular weight excluding hydrogens is 312 g/mol. The second-order valence-corrected chi connectivity index (χ2v) is 6.52. The number of hydrogen-bond donors (Lipinski definition) is 2. The van der Waals surface area contributed by atoms with E-state index in [1.165, 1.54) is 0 Å². The van der Waals surface area contributed by atoms with Gasteiger partial charge in [-0.3, -0.25) is 5.10 Å². The van der Waals surface area contributed by atoms with E-state index in [-0.39, 0.29) is 11.8 Å². The molecule has 0 bridgehead atoms. The molecule has 2 aliphatic rings. The van der Waals surface area contributed by atoms with Crippen molar-refractivity contribution < 1.29 is 0 Å². The van der Waals surface area contributed by atoms with Crippen molar-refractivity contribution in [2.24, 2.45) is 16.8 Å². The molecule has 2 atom stereocenters. The summed E-state index contributed by atoms with van der Waals surface area (Å²) in [6.45, 7) is 1.88. The topological polar surface area (TPSA) is 101 Å². The highest BCUT2D eigenvalue weighted by Gasteiger charge is 2.39. The third-order valence-electron chi connectivity index (χ3n) is 5.19. The first-order valence-electron chi connectivity index (χ1n) is 8.54. The molecule has 6 nitrogen and oxygen atoms in total. The zero-order valence-electron chi connectivity index (χ0n) is 13.7. The molecule has 124 valence electrons. The molecular formula is C19H18N6. The van der Waals surface area contributed by atoms with E-state index < -0.39 is 0 Å². The number of rotatable bonds is 2. The molecule has 2 aliphatic heterocycles. The molecule has 0 amide bonds. The first kappa shape index (κ1) is 15.6. The van der Waals surface area contributed by atoms with Gasteiger partial charge in [0, 0.05) is 23.1 Å². The van der Waals surface area contributed by atoms with Crippen LogP contribution in [0.2, 0.25) is 0 Å². The molecule has 1 aromatic heterocycles. The van der Waals surface area contributed by atoms with Crippen molar-refractivity contribution in [2.45, 2.75) is 18.8 Å². The lowest BCUT2D eigenvalue weighted by molar-refractivity contribution is 0.443. The van der Waals surface area contributed by atoms with Crippen molar-refractivity contribution in [3.05, 3.63) is 47.2 Å². The van der Waals surface area contributed by atoms with Gasteiger partial charge < -0.3 is 5.32 Å². The molecule has 3 heterocycles. The van der Waals surface area contributed by atoms with Crippen LogP contribution in [0.15, 0.2) is 35.5 Å². The Balaban J connectivity index is 1.85. The number of piperidine rings is 1. The summed E-state index contributed by atoms with van der Waals surface area (Å²) in [5, 5.41) is 30.0. The van der Waals surface area contributed by atoms with Crippen LogP contribution >= 0.6 is 0 Å². The lowest BCUT2D eigenvalue weighted by Crippen LogP contribution is -2.37. The minimum absolute atomic E-state index is 0.211. The van der Waals surface area contributed by atoms with E-state index in [1.807, 2.05) is 18.2 Å². The van der Waals surface area contributed by atoms with Gasteiger partial charge in [0.05, 0.1) is 29.8 Å². The molecule has 6 heteroatoms. The molecule has 0 radical (unpaired) electrons. The largest absolute Gasteiger partial charge is 0.317 e. The highest BCUT2D eigenvalue weighted by molar-refractivity contribution is 5.96. The van der Waals surface area contributed by atoms with Crippen LogP contribution in [-0.2, 0) is 0 Å². The maximum atomic E-state index is 9.99. The van der Waals surface area contributed by atoms with Crippen molar-refractivity contribution in [3.8, 4) is 12.1 Å². The van der Waals surface area contributed by atoms with Crippen molar-refractivity contribution in [3.63, 3.8) is 0 Å². The van der Waals surface area contributed by atoms with E-state index in [9.17, 15) is 10.5 Å². The van der Waals surface area contributed by atoms with E-state index >= 15 is 0 Å². The Morgan fingerprint density at radius 1 is 1.08 bits per heavy atom. The molecule has 1 aromatic carbocycles. The Bertz CT molecular complexity index is 891. The van der Waals surface area contributed by atoms with Gasteiger partial charge in [-0.15, -0.1) is 0 Å². The van der Waals surface area contributed by atoms with E-state index in [0.717, 1.165) is 48.6 Å². The van der Waals surface area contributed by atoms with Crippen LogP contribution in [0.4, 0.5) is 5.82 Å². The smallest absolute Gasteiger partial charge is 0.151 e. The number of nitrogens with one attached hydrogen (secondary N) is 2. The van der Waals surface area contributed by atoms with Crippen LogP contribution in [-0.4, -0.2) is 29.0 Å². The van der Waals surface area contributed by atoms with Gasteiger partial charge in [0.25, 0.3) is 0 Å². The molecule has 2 unspecified atom stereocenters. The number of aliphatic imine (C=N–C) groups is 1. The van der Waals surface area contributed by atoms with Gasteiger partial charge in [-0.2, -0.15) is 15.6 Å². The summed E-state index contributed by atoms with van der Waals surface area (Å²) < 4.78 is 0. The van der Waals surface area contributed by atoms with Gasteiger partial charge in [-0.05, 0) is 37.6 Å². The standard InChI is InChI=1S/C19H18N6/c20-9-13-3-1-2-4-14(13)17-15(10-21)18(12-5-7-22-8-6-12)24-19-16(17)11-23-25-19/h1-4,11-12,15,17,22H,5-8H2,(H,23,25). The highest BCUT2D eigenvalue weighted by Crippen LogP contribution is 2.44. The normalized spacial score (nSPS) is 23.2. The number of hydrogen-bond acceptors (Lipinski definition) is 5. The second kappa shape index (κ2) is 6.51. The minimum atomic E-state index is -0.373. The van der Waals surface area contributed by atoms with Crippen LogP contribution in [0.1, 0.15) is 35.4 Å². The highest BCUT2D eigenvalue weighted by atomic mass is 15.2. The van der Waals surface area contributed by atoms with E-state index in [1.54, 1.807) is 12.3 Å². The second-order valence-electron chi connectivity index (χ2n) is 6.52. The number of benzene rings is 1. The predicted octanol–water partition coefficient (Wildman–Crippen LogP) is 2.64. The van der Waals surface area contributed by atoms with Crippen molar-refractivity contribution in [1.82, 2.24) is 15.5 Å². The van der Waals surface area contributed by atoms with Crippen LogP contribution in [0.25, 0.3) is 0 Å². The lowest BCUT2D eigenvalue weighted by atomic mass is 9.72. The Morgan fingerprint density at radius 3 is 2.64 bits per heavy atom. The summed E-state index contributed by atoms with van der Waals surface area (Å²) >= 11 is 0. The number of nitriles is 2. The Morgan fingerprint density at radius 2 is 1.88 bits per heavy atom. The zero-order valence-corrected chi connectivity index (χ0v) is 13.7. The van der Waals surface area contributed by atoms with Crippen molar-refractivity contribution >= 4 is 11.5 Å². The fourth-order valence-corrected chi connectivity index (χ4v) is 3.98. The number of fused-ring (bicyclic) bond motifs is 1. The van der Waals surface area contributed by atoms with Gasteiger partial charge in [0.2, 0.25) is 0 Å². The maximum Gasteiger partial charge on any atom is 0.151 e. The average molecular weight is 330 g/mol. The molecule has 1 saturated heterocycles. The fourth-order valence-electron chi connectivity index (χ4n) is 3.98. The number of aromatic amines is 1. The Labute approximate surface area is 146 Å². The zero-order chi connectivity index (χ0) is 17.2. The summed E-state index contributed by atoms with van der Waals surface area (Å²) in [6.07, 6.45) is 3.70. The molecule has 25 heavy (non-hydrogen) atoms.